The lowest BCUT2D eigenvalue weighted by molar-refractivity contribution is -0.138. The van der Waals surface area contributed by atoms with Gasteiger partial charge in [0.25, 0.3) is 0 Å². The van der Waals surface area contributed by atoms with E-state index in [9.17, 15) is 9.90 Å². The molecule has 3 nitrogen and oxygen atoms in total. The molecule has 0 heterocycles. The molecule has 0 radical (unpaired) electrons. The van der Waals surface area contributed by atoms with Gasteiger partial charge in [-0.3, -0.25) is 4.79 Å². The second-order valence-electron chi connectivity index (χ2n) is 4.61. The zero-order valence-corrected chi connectivity index (χ0v) is 13.7. The van der Waals surface area contributed by atoms with Gasteiger partial charge in [0, 0.05) is 9.50 Å². The Morgan fingerprint density at radius 2 is 2.10 bits per heavy atom. The van der Waals surface area contributed by atoms with Crippen molar-refractivity contribution in [2.24, 2.45) is 0 Å². The number of benzene rings is 2. The third-order valence-electron chi connectivity index (χ3n) is 3.22. The molecule has 2 rings (SSSR count). The minimum Gasteiger partial charge on any atom is -0.496 e. The number of aliphatic carboxylic acids is 1. The van der Waals surface area contributed by atoms with E-state index in [1.165, 1.54) is 0 Å². The Morgan fingerprint density at radius 3 is 2.71 bits per heavy atom. The van der Waals surface area contributed by atoms with E-state index in [4.69, 9.17) is 16.3 Å². The lowest BCUT2D eigenvalue weighted by Gasteiger charge is -2.15. The maximum Gasteiger partial charge on any atom is 0.311 e. The quantitative estimate of drug-likeness (QED) is 0.843. The highest BCUT2D eigenvalue weighted by atomic mass is 79.9. The summed E-state index contributed by atoms with van der Waals surface area (Å²) in [5, 5.41) is 10.1. The van der Waals surface area contributed by atoms with Gasteiger partial charge >= 0.3 is 5.97 Å². The van der Waals surface area contributed by atoms with Crippen molar-refractivity contribution in [3.8, 4) is 5.75 Å². The highest BCUT2D eigenvalue weighted by Crippen LogP contribution is 2.30. The minimum absolute atomic E-state index is 0.315. The molecule has 5 heteroatoms. The van der Waals surface area contributed by atoms with Gasteiger partial charge in [-0.2, -0.15) is 0 Å². The Bertz CT molecular complexity index is 658. The van der Waals surface area contributed by atoms with Crippen molar-refractivity contribution in [1.29, 1.82) is 0 Å². The number of carbonyl (C=O) groups is 1. The second kappa shape index (κ2) is 6.96. The summed E-state index contributed by atoms with van der Waals surface area (Å²) < 4.78 is 6.13. The molecule has 21 heavy (non-hydrogen) atoms. The molecule has 0 aromatic heterocycles. The van der Waals surface area contributed by atoms with E-state index in [0.29, 0.717) is 17.2 Å². The number of carboxylic acids is 1. The van der Waals surface area contributed by atoms with Crippen LogP contribution < -0.4 is 4.74 Å². The predicted molar refractivity (Wildman–Crippen MR) is 86.2 cm³/mol. The van der Waals surface area contributed by atoms with Crippen LogP contribution in [0.15, 0.2) is 46.9 Å². The van der Waals surface area contributed by atoms with Crippen LogP contribution in [0.5, 0.6) is 5.75 Å². The molecule has 1 unspecified atom stereocenters. The highest BCUT2D eigenvalue weighted by Gasteiger charge is 2.22. The molecule has 0 amide bonds. The summed E-state index contributed by atoms with van der Waals surface area (Å²) >= 11 is 9.36. The van der Waals surface area contributed by atoms with Gasteiger partial charge in [0.15, 0.2) is 0 Å². The van der Waals surface area contributed by atoms with Crippen molar-refractivity contribution in [1.82, 2.24) is 0 Å². The van der Waals surface area contributed by atoms with Crippen molar-refractivity contribution >= 4 is 33.5 Å². The lowest BCUT2D eigenvalue weighted by Crippen LogP contribution is -2.15. The third kappa shape index (κ3) is 3.99. The molecule has 0 saturated carbocycles. The summed E-state index contributed by atoms with van der Waals surface area (Å²) in [7, 11) is 1.56. The zero-order chi connectivity index (χ0) is 15.4. The molecular formula is C16H14BrClO3. The van der Waals surface area contributed by atoms with E-state index in [0.717, 1.165) is 15.6 Å². The molecule has 0 fully saturated rings. The van der Waals surface area contributed by atoms with Gasteiger partial charge in [-0.1, -0.05) is 39.7 Å². The number of methoxy groups -OCH3 is 1. The van der Waals surface area contributed by atoms with Gasteiger partial charge < -0.3 is 9.84 Å². The zero-order valence-electron chi connectivity index (χ0n) is 11.3. The maximum absolute atomic E-state index is 11.6. The monoisotopic (exact) mass is 368 g/mol. The number of hydrogen-bond donors (Lipinski definition) is 1. The fourth-order valence-corrected chi connectivity index (χ4v) is 2.81. The molecule has 0 spiro atoms. The maximum atomic E-state index is 11.6. The van der Waals surface area contributed by atoms with Crippen LogP contribution in [0.2, 0.25) is 5.02 Å². The van der Waals surface area contributed by atoms with Crippen LogP contribution in [0.3, 0.4) is 0 Å². The fourth-order valence-electron chi connectivity index (χ4n) is 2.20. The Labute approximate surface area is 136 Å². The first-order valence-corrected chi connectivity index (χ1v) is 7.49. The number of hydrogen-bond acceptors (Lipinski definition) is 2. The van der Waals surface area contributed by atoms with E-state index < -0.39 is 11.9 Å². The first-order chi connectivity index (χ1) is 10.0. The van der Waals surface area contributed by atoms with Crippen molar-refractivity contribution < 1.29 is 14.6 Å². The van der Waals surface area contributed by atoms with Crippen molar-refractivity contribution in [3.05, 3.63) is 63.1 Å². The van der Waals surface area contributed by atoms with Crippen LogP contribution >= 0.6 is 27.5 Å². The summed E-state index contributed by atoms with van der Waals surface area (Å²) in [5.74, 6) is -0.898. The van der Waals surface area contributed by atoms with Crippen molar-refractivity contribution in [2.45, 2.75) is 12.3 Å². The summed E-state index contributed by atoms with van der Waals surface area (Å²) in [4.78, 5) is 11.6. The molecule has 0 aliphatic heterocycles. The van der Waals surface area contributed by atoms with E-state index in [2.05, 4.69) is 15.9 Å². The minimum atomic E-state index is -0.880. The Hall–Kier alpha value is -1.52. The first kappa shape index (κ1) is 15.9. The number of ether oxygens (including phenoxy) is 1. The van der Waals surface area contributed by atoms with Crippen LogP contribution in [-0.2, 0) is 11.2 Å². The molecule has 1 atom stereocenters. The molecule has 0 aliphatic rings. The van der Waals surface area contributed by atoms with Crippen LogP contribution in [-0.4, -0.2) is 18.2 Å². The topological polar surface area (TPSA) is 46.5 Å². The SMILES string of the molecule is COc1ccc(Cl)cc1CC(C(=O)O)c1cccc(Br)c1. The van der Waals surface area contributed by atoms with Gasteiger partial charge in [0.05, 0.1) is 13.0 Å². The van der Waals surface area contributed by atoms with E-state index in [-0.39, 0.29) is 0 Å². The normalized spacial score (nSPS) is 12.0. The molecule has 1 N–H and O–H groups in total. The van der Waals surface area contributed by atoms with Crippen LogP contribution in [0.1, 0.15) is 17.0 Å². The van der Waals surface area contributed by atoms with E-state index >= 15 is 0 Å². The smallest absolute Gasteiger partial charge is 0.311 e. The van der Waals surface area contributed by atoms with Crippen LogP contribution in [0.25, 0.3) is 0 Å². The third-order valence-corrected chi connectivity index (χ3v) is 3.94. The Balaban J connectivity index is 2.37. The molecule has 0 aliphatic carbocycles. The summed E-state index contributed by atoms with van der Waals surface area (Å²) in [6.07, 6.45) is 0.315. The van der Waals surface area contributed by atoms with E-state index in [1.54, 1.807) is 31.4 Å². The van der Waals surface area contributed by atoms with Gasteiger partial charge in [-0.15, -0.1) is 0 Å². The van der Waals surface area contributed by atoms with Gasteiger partial charge in [0.2, 0.25) is 0 Å². The average molecular weight is 370 g/mol. The number of halogens is 2. The Morgan fingerprint density at radius 1 is 1.33 bits per heavy atom. The van der Waals surface area contributed by atoms with Gasteiger partial charge in [-0.25, -0.2) is 0 Å². The van der Waals surface area contributed by atoms with Crippen molar-refractivity contribution in [2.75, 3.05) is 7.11 Å². The van der Waals surface area contributed by atoms with Gasteiger partial charge in [0.1, 0.15) is 5.75 Å². The summed E-state index contributed by atoms with van der Waals surface area (Å²) in [6, 6.07) is 12.5. The predicted octanol–water partition coefficient (Wildman–Crippen LogP) is 4.52. The molecule has 2 aromatic carbocycles. The first-order valence-electron chi connectivity index (χ1n) is 6.32. The number of carboxylic acid groups (broad SMARTS) is 1. The molecule has 0 bridgehead atoms. The molecular weight excluding hydrogens is 356 g/mol. The van der Waals surface area contributed by atoms with Crippen LogP contribution in [0, 0.1) is 0 Å². The van der Waals surface area contributed by atoms with Crippen molar-refractivity contribution in [3.63, 3.8) is 0 Å². The lowest BCUT2D eigenvalue weighted by atomic mass is 9.92. The summed E-state index contributed by atoms with van der Waals surface area (Å²) in [6.45, 7) is 0. The molecule has 0 saturated heterocycles. The summed E-state index contributed by atoms with van der Waals surface area (Å²) in [5.41, 5.74) is 1.51. The van der Waals surface area contributed by atoms with Crippen LogP contribution in [0.4, 0.5) is 0 Å². The Kier molecular flexibility index (Phi) is 5.26. The molecule has 2 aromatic rings. The average Bonchev–Trinajstić information content (AvgIpc) is 2.44. The standard InChI is InChI=1S/C16H14BrClO3/c1-21-15-6-5-13(18)8-11(15)9-14(16(19)20)10-3-2-4-12(17)7-10/h2-8,14H,9H2,1H3,(H,19,20). The second-order valence-corrected chi connectivity index (χ2v) is 5.96. The van der Waals surface area contributed by atoms with Gasteiger partial charge in [-0.05, 0) is 47.9 Å². The van der Waals surface area contributed by atoms with E-state index in [1.807, 2.05) is 18.2 Å². The molecule has 110 valence electrons. The largest absolute Gasteiger partial charge is 0.496 e. The highest BCUT2D eigenvalue weighted by molar-refractivity contribution is 9.10. The fraction of sp³-hybridized carbons (Fsp3) is 0.188. The number of rotatable bonds is 5.